The first-order valence-corrected chi connectivity index (χ1v) is 8.39. The van der Waals surface area contributed by atoms with Gasteiger partial charge >= 0.3 is 0 Å². The van der Waals surface area contributed by atoms with Gasteiger partial charge in [-0.05, 0) is 30.5 Å². The topological polar surface area (TPSA) is 74.0 Å². The second kappa shape index (κ2) is 7.51. The Balaban J connectivity index is 1.73. The van der Waals surface area contributed by atoms with Crippen LogP contribution in [0.15, 0.2) is 24.4 Å². The summed E-state index contributed by atoms with van der Waals surface area (Å²) < 4.78 is 0. The molecule has 2 rings (SSSR count). The minimum atomic E-state index is -0.426. The fourth-order valence-electron chi connectivity index (χ4n) is 2.49. The molecule has 1 heterocycles. The van der Waals surface area contributed by atoms with Gasteiger partial charge in [0.25, 0.3) is 0 Å². The van der Waals surface area contributed by atoms with Crippen molar-refractivity contribution in [2.24, 2.45) is 5.41 Å². The first-order valence-electron chi connectivity index (χ1n) is 8.39. The molecule has 0 fully saturated rings. The highest BCUT2D eigenvalue weighted by atomic mass is 16.2. The monoisotopic (exact) mass is 329 g/mol. The molecule has 0 atom stereocenters. The highest BCUT2D eigenvalue weighted by Gasteiger charge is 2.20. The van der Waals surface area contributed by atoms with Gasteiger partial charge in [0.1, 0.15) is 0 Å². The zero-order valence-corrected chi connectivity index (χ0v) is 15.0. The third-order valence-electron chi connectivity index (χ3n) is 3.96. The van der Waals surface area contributed by atoms with Crippen molar-refractivity contribution in [3.05, 3.63) is 35.5 Å². The summed E-state index contributed by atoms with van der Waals surface area (Å²) >= 11 is 0. The standard InChI is InChI=1S/C19H27N3O2/c1-13-5-6-15-14(12-22-16(15)11-13)7-9-20-17(23)8-10-21-18(24)19(2,3)4/h5-6,11-12,22H,7-10H2,1-4H3,(H,20,23)(H,21,24). The largest absolute Gasteiger partial charge is 0.361 e. The van der Waals surface area contributed by atoms with Gasteiger partial charge in [0.05, 0.1) is 0 Å². The number of hydrogen-bond acceptors (Lipinski definition) is 2. The van der Waals surface area contributed by atoms with E-state index in [0.29, 0.717) is 19.5 Å². The molecular formula is C19H27N3O2. The van der Waals surface area contributed by atoms with E-state index < -0.39 is 5.41 Å². The number of aryl methyl sites for hydroxylation is 1. The van der Waals surface area contributed by atoms with E-state index in [1.807, 2.05) is 27.0 Å². The number of rotatable bonds is 6. The molecule has 2 amide bonds. The van der Waals surface area contributed by atoms with Crippen LogP contribution >= 0.6 is 0 Å². The number of nitrogens with one attached hydrogen (secondary N) is 3. The maximum atomic E-state index is 11.8. The first kappa shape index (κ1) is 18.0. The Morgan fingerprint density at radius 2 is 1.88 bits per heavy atom. The molecular weight excluding hydrogens is 302 g/mol. The summed E-state index contributed by atoms with van der Waals surface area (Å²) in [7, 11) is 0. The third-order valence-corrected chi connectivity index (χ3v) is 3.96. The van der Waals surface area contributed by atoms with E-state index in [1.54, 1.807) is 0 Å². The number of amides is 2. The zero-order valence-electron chi connectivity index (χ0n) is 15.0. The second-order valence-electron chi connectivity index (χ2n) is 7.22. The minimum absolute atomic E-state index is 0.0376. The first-order chi connectivity index (χ1) is 11.3. The number of hydrogen-bond donors (Lipinski definition) is 3. The van der Waals surface area contributed by atoms with E-state index in [4.69, 9.17) is 0 Å². The SMILES string of the molecule is Cc1ccc2c(CCNC(=O)CCNC(=O)C(C)(C)C)c[nH]c2c1. The molecule has 0 saturated carbocycles. The van der Waals surface area contributed by atoms with Crippen LogP contribution in [0.1, 0.15) is 38.3 Å². The van der Waals surface area contributed by atoms with Crippen LogP contribution in [0, 0.1) is 12.3 Å². The normalized spacial score (nSPS) is 11.5. The van der Waals surface area contributed by atoms with Gasteiger partial charge in [0.15, 0.2) is 0 Å². The van der Waals surface area contributed by atoms with E-state index >= 15 is 0 Å². The van der Waals surface area contributed by atoms with Crippen molar-refractivity contribution in [2.75, 3.05) is 13.1 Å². The van der Waals surface area contributed by atoms with Gasteiger partial charge in [-0.3, -0.25) is 9.59 Å². The van der Waals surface area contributed by atoms with Crippen LogP contribution in [0.3, 0.4) is 0 Å². The fourth-order valence-corrected chi connectivity index (χ4v) is 2.49. The predicted molar refractivity (Wildman–Crippen MR) is 96.8 cm³/mol. The molecule has 0 radical (unpaired) electrons. The van der Waals surface area contributed by atoms with Crippen molar-refractivity contribution < 1.29 is 9.59 Å². The summed E-state index contributed by atoms with van der Waals surface area (Å²) in [6, 6.07) is 6.33. The summed E-state index contributed by atoms with van der Waals surface area (Å²) in [4.78, 5) is 26.8. The quantitative estimate of drug-likeness (QED) is 0.762. The fraction of sp³-hybridized carbons (Fsp3) is 0.474. The minimum Gasteiger partial charge on any atom is -0.361 e. The Labute approximate surface area is 143 Å². The van der Waals surface area contributed by atoms with Crippen LogP contribution in [0.4, 0.5) is 0 Å². The third kappa shape index (κ3) is 4.85. The number of H-pyrrole nitrogens is 1. The van der Waals surface area contributed by atoms with Crippen molar-refractivity contribution in [1.29, 1.82) is 0 Å². The van der Waals surface area contributed by atoms with Crippen molar-refractivity contribution in [3.63, 3.8) is 0 Å². The molecule has 0 bridgehead atoms. The molecule has 130 valence electrons. The molecule has 0 saturated heterocycles. The Kier molecular flexibility index (Phi) is 5.65. The van der Waals surface area contributed by atoms with Crippen LogP contribution in [-0.2, 0) is 16.0 Å². The molecule has 3 N–H and O–H groups in total. The maximum absolute atomic E-state index is 11.8. The van der Waals surface area contributed by atoms with Crippen LogP contribution in [-0.4, -0.2) is 29.9 Å². The smallest absolute Gasteiger partial charge is 0.225 e. The molecule has 0 aliphatic rings. The lowest BCUT2D eigenvalue weighted by atomic mass is 9.96. The molecule has 24 heavy (non-hydrogen) atoms. The van der Waals surface area contributed by atoms with E-state index in [9.17, 15) is 9.59 Å². The van der Waals surface area contributed by atoms with Gasteiger partial charge in [-0.1, -0.05) is 32.9 Å². The molecule has 0 unspecified atom stereocenters. The van der Waals surface area contributed by atoms with E-state index in [-0.39, 0.29) is 11.8 Å². The number of carbonyl (C=O) groups is 2. The zero-order chi connectivity index (χ0) is 17.7. The second-order valence-corrected chi connectivity index (χ2v) is 7.22. The maximum Gasteiger partial charge on any atom is 0.225 e. The summed E-state index contributed by atoms with van der Waals surface area (Å²) in [6.45, 7) is 8.58. The summed E-state index contributed by atoms with van der Waals surface area (Å²) in [6.07, 6.45) is 3.08. The van der Waals surface area contributed by atoms with Crippen molar-refractivity contribution >= 4 is 22.7 Å². The van der Waals surface area contributed by atoms with Crippen molar-refractivity contribution in [1.82, 2.24) is 15.6 Å². The van der Waals surface area contributed by atoms with E-state index in [0.717, 1.165) is 11.9 Å². The Morgan fingerprint density at radius 1 is 1.12 bits per heavy atom. The van der Waals surface area contributed by atoms with Crippen molar-refractivity contribution in [3.8, 4) is 0 Å². The highest BCUT2D eigenvalue weighted by molar-refractivity contribution is 5.84. The molecule has 5 nitrogen and oxygen atoms in total. The predicted octanol–water partition coefficient (Wildman–Crippen LogP) is 2.69. The van der Waals surface area contributed by atoms with Gasteiger partial charge < -0.3 is 15.6 Å². The van der Waals surface area contributed by atoms with Crippen molar-refractivity contribution in [2.45, 2.75) is 40.5 Å². The number of benzene rings is 1. The van der Waals surface area contributed by atoms with Crippen LogP contribution < -0.4 is 10.6 Å². The van der Waals surface area contributed by atoms with Crippen LogP contribution in [0.2, 0.25) is 0 Å². The van der Waals surface area contributed by atoms with Gasteiger partial charge in [-0.2, -0.15) is 0 Å². The lowest BCUT2D eigenvalue weighted by Crippen LogP contribution is -2.37. The lowest BCUT2D eigenvalue weighted by Gasteiger charge is -2.17. The summed E-state index contributed by atoms with van der Waals surface area (Å²) in [5.74, 6) is -0.0794. The Morgan fingerprint density at radius 3 is 2.58 bits per heavy atom. The molecule has 2 aromatic rings. The average Bonchev–Trinajstić information content (AvgIpc) is 2.88. The van der Waals surface area contributed by atoms with Gasteiger partial charge in [-0.25, -0.2) is 0 Å². The number of aromatic nitrogens is 1. The number of carbonyl (C=O) groups excluding carboxylic acids is 2. The van der Waals surface area contributed by atoms with Gasteiger partial charge in [-0.15, -0.1) is 0 Å². The molecule has 0 aliphatic carbocycles. The average molecular weight is 329 g/mol. The highest BCUT2D eigenvalue weighted by Crippen LogP contribution is 2.19. The Bertz CT molecular complexity index is 726. The molecule has 0 aliphatic heterocycles. The van der Waals surface area contributed by atoms with Gasteiger partial charge in [0.2, 0.25) is 11.8 Å². The summed E-state index contributed by atoms with van der Waals surface area (Å²) in [5, 5.41) is 6.89. The molecule has 1 aromatic heterocycles. The van der Waals surface area contributed by atoms with Crippen LogP contribution in [0.25, 0.3) is 10.9 Å². The number of fused-ring (bicyclic) bond motifs is 1. The lowest BCUT2D eigenvalue weighted by molar-refractivity contribution is -0.128. The van der Waals surface area contributed by atoms with E-state index in [2.05, 4.69) is 40.7 Å². The molecule has 5 heteroatoms. The van der Waals surface area contributed by atoms with Crippen LogP contribution in [0.5, 0.6) is 0 Å². The molecule has 0 spiro atoms. The summed E-state index contributed by atoms with van der Waals surface area (Å²) in [5.41, 5.74) is 3.12. The Hall–Kier alpha value is -2.30. The number of aromatic amines is 1. The van der Waals surface area contributed by atoms with E-state index in [1.165, 1.54) is 16.5 Å². The van der Waals surface area contributed by atoms with Gasteiger partial charge in [0, 0.05) is 42.0 Å². The molecule has 1 aromatic carbocycles.